The van der Waals surface area contributed by atoms with Crippen molar-refractivity contribution >= 4 is 70.3 Å². The number of rotatable bonds is 1. The van der Waals surface area contributed by atoms with Gasteiger partial charge in [0.05, 0.1) is 5.97 Å². The van der Waals surface area contributed by atoms with Crippen LogP contribution >= 0.6 is 21.8 Å². The zero-order chi connectivity index (χ0) is 8.78. The van der Waals surface area contributed by atoms with Gasteiger partial charge in [0.1, 0.15) is 0 Å². The topological polar surface area (TPSA) is 109 Å². The Morgan fingerprint density at radius 3 is 1.55 bits per heavy atom. The molecule has 0 aromatic rings. The van der Waals surface area contributed by atoms with Crippen LogP contribution < -0.4 is 15.3 Å². The molecule has 0 aromatic heterocycles. The zero-order valence-electron chi connectivity index (χ0n) is 5.05. The molecule has 0 aliphatic carbocycles. The van der Waals surface area contributed by atoms with E-state index in [1.807, 2.05) is 0 Å². The van der Waals surface area contributed by atoms with Crippen LogP contribution in [0.4, 0.5) is 0 Å². The van der Waals surface area contributed by atoms with Crippen molar-refractivity contribution in [3.8, 4) is 0 Å². The van der Waals surface area contributed by atoms with Gasteiger partial charge in [-0.05, 0) is 0 Å². The molecule has 0 fully saturated rings. The summed E-state index contributed by atoms with van der Waals surface area (Å²) in [5.41, 5.74) is 0. The monoisotopic (exact) mass is 414 g/mol. The van der Waals surface area contributed by atoms with Gasteiger partial charge in [-0.2, -0.15) is 12.6 Å². The standard InChI is InChI=1S/C2H4O2S.3O.S.2Sb.H/c3-2(4)1-5;;;;;;;/h5H,1H2,(H,3,4);;;;;;;/q;3*-1;;;+4;/p-1. The summed E-state index contributed by atoms with van der Waals surface area (Å²) in [5.74, 6) is -1.33. The van der Waals surface area contributed by atoms with Gasteiger partial charge >= 0.3 is 61.9 Å². The van der Waals surface area contributed by atoms with Gasteiger partial charge in [-0.3, -0.25) is 0 Å². The first-order chi connectivity index (χ1) is 4.27. The molecule has 11 heavy (non-hydrogen) atoms. The fraction of sp³-hybridized carbons (Fsp3) is 0.500. The SMILES string of the molecule is O=C([O-])CS.[O-][Sb]([O-])([O-])=[S].[SbH+4]. The van der Waals surface area contributed by atoms with Crippen LogP contribution in [0.5, 0.6) is 0 Å². The average Bonchev–Trinajstić information content (AvgIpc) is 1.61. The Morgan fingerprint density at radius 1 is 1.45 bits per heavy atom. The van der Waals surface area contributed by atoms with Crippen molar-refractivity contribution < 1.29 is 20.1 Å². The number of carbonyl (C=O) groups excluding carboxylic acids is 1. The van der Waals surface area contributed by atoms with Crippen molar-refractivity contribution in [3.05, 3.63) is 0 Å². The van der Waals surface area contributed by atoms with Crippen LogP contribution in [-0.2, 0) is 4.79 Å². The Balaban J connectivity index is -0.000000107. The first-order valence-electron chi connectivity index (χ1n) is 1.81. The third-order valence-corrected chi connectivity index (χ3v) is 0.387. The second-order valence-corrected chi connectivity index (χ2v) is 6.85. The third kappa shape index (κ3) is 83.4. The summed E-state index contributed by atoms with van der Waals surface area (Å²) in [6.07, 6.45) is 0. The number of thiol groups is 1. The summed E-state index contributed by atoms with van der Waals surface area (Å²) < 4.78 is 27.0. The molecule has 0 aliphatic rings. The van der Waals surface area contributed by atoms with Crippen molar-refractivity contribution in [1.29, 1.82) is 0 Å². The Kier molecular flexibility index (Phi) is 16.1. The summed E-state index contributed by atoms with van der Waals surface area (Å²) in [6, 6.07) is 0. The molecule has 0 spiro atoms. The molecule has 0 bridgehead atoms. The van der Waals surface area contributed by atoms with Crippen molar-refractivity contribution in [3.63, 3.8) is 0 Å². The molecule has 0 N–H and O–H groups in total. The van der Waals surface area contributed by atoms with Gasteiger partial charge in [-0.15, -0.1) is 0 Å². The molecule has 0 aromatic carbocycles. The molecule has 64 valence electrons. The zero-order valence-corrected chi connectivity index (χ0v) is 12.2. The Hall–Kier alpha value is 1.56. The van der Waals surface area contributed by atoms with Crippen LogP contribution in [0.2, 0.25) is 0 Å². The second-order valence-electron chi connectivity index (χ2n) is 0.977. The summed E-state index contributed by atoms with van der Waals surface area (Å²) in [7, 11) is 3.36. The number of carboxylic acids is 1. The molecule has 0 radical (unpaired) electrons. The van der Waals surface area contributed by atoms with E-state index in [0.717, 1.165) is 0 Å². The molecule has 9 heteroatoms. The fourth-order valence-corrected chi connectivity index (χ4v) is 0. The Labute approximate surface area is 95.1 Å². The summed E-state index contributed by atoms with van der Waals surface area (Å²) in [6.45, 7) is 0. The van der Waals surface area contributed by atoms with Gasteiger partial charge in [0, 0.05) is 5.75 Å². The number of hydrogen-bond acceptors (Lipinski definition) is 7. The minimum absolute atomic E-state index is 0. The summed E-state index contributed by atoms with van der Waals surface area (Å²) in [5, 5.41) is 9.18. The van der Waals surface area contributed by atoms with Gasteiger partial charge in [0.2, 0.25) is 0 Å². The van der Waals surface area contributed by atoms with Crippen molar-refractivity contribution in [2.45, 2.75) is 0 Å². The predicted molar refractivity (Wildman–Crippen MR) is 39.4 cm³/mol. The molecule has 0 amide bonds. The molecule has 0 aliphatic heterocycles. The maximum absolute atomic E-state index is 9.18. The van der Waals surface area contributed by atoms with Crippen molar-refractivity contribution in [1.82, 2.24) is 0 Å². The number of carboxylic acid groups (broad SMARTS) is 1. The van der Waals surface area contributed by atoms with E-state index in [-0.39, 0.29) is 30.2 Å². The van der Waals surface area contributed by atoms with Crippen LogP contribution in [0.1, 0.15) is 0 Å². The molecule has 0 rings (SSSR count). The van der Waals surface area contributed by atoms with Gasteiger partial charge in [-0.25, -0.2) is 0 Å². The van der Waals surface area contributed by atoms with Crippen LogP contribution in [0.3, 0.4) is 0 Å². The van der Waals surface area contributed by atoms with E-state index >= 15 is 0 Å². The van der Waals surface area contributed by atoms with Gasteiger partial charge in [0.15, 0.2) is 0 Å². The van der Waals surface area contributed by atoms with E-state index in [1.165, 1.54) is 0 Å². The van der Waals surface area contributed by atoms with Crippen LogP contribution in [-0.4, -0.2) is 54.2 Å². The normalized spacial score (nSPS) is 8.73. The Bertz CT molecular complexity index is 135. The quantitative estimate of drug-likeness (QED) is 0.338. The van der Waals surface area contributed by atoms with Gasteiger partial charge in [-0.1, -0.05) is 0 Å². The van der Waals surface area contributed by atoms with Crippen molar-refractivity contribution in [2.24, 2.45) is 0 Å². The minimum atomic E-state index is -5.27. The second kappa shape index (κ2) is 9.64. The van der Waals surface area contributed by atoms with E-state index in [9.17, 15) is 9.90 Å². The molecular formula is C2H4O5S2Sb2. The van der Waals surface area contributed by atoms with E-state index in [2.05, 4.69) is 21.8 Å². The third-order valence-electron chi connectivity index (χ3n) is 0.129. The van der Waals surface area contributed by atoms with Crippen LogP contribution in [0, 0.1) is 0 Å². The van der Waals surface area contributed by atoms with Crippen LogP contribution in [0.25, 0.3) is 0 Å². The molecule has 0 unspecified atom stereocenters. The average molecular weight is 416 g/mol. The molecular weight excluding hydrogens is 412 g/mol. The van der Waals surface area contributed by atoms with E-state index < -0.39 is 24.1 Å². The van der Waals surface area contributed by atoms with Crippen LogP contribution in [0.15, 0.2) is 0 Å². The predicted octanol–water partition coefficient (Wildman–Crippen LogP) is -5.28. The van der Waals surface area contributed by atoms with Crippen molar-refractivity contribution in [2.75, 3.05) is 5.75 Å². The number of hydrogen-bond donors (Lipinski definition) is 1. The molecule has 0 saturated heterocycles. The van der Waals surface area contributed by atoms with Gasteiger partial charge < -0.3 is 9.90 Å². The molecule has 0 atom stereocenters. The molecule has 0 saturated carbocycles. The van der Waals surface area contributed by atoms with E-state index in [0.29, 0.717) is 0 Å². The Morgan fingerprint density at radius 2 is 1.55 bits per heavy atom. The number of aliphatic carboxylic acids is 1. The van der Waals surface area contributed by atoms with E-state index in [1.54, 1.807) is 0 Å². The van der Waals surface area contributed by atoms with Gasteiger partial charge in [0.25, 0.3) is 0 Å². The number of carbonyl (C=O) groups is 1. The maximum atomic E-state index is 9.18. The molecule has 0 heterocycles. The fourth-order valence-electron chi connectivity index (χ4n) is 0. The summed E-state index contributed by atoms with van der Waals surface area (Å²) in [4.78, 5) is 9.18. The molecule has 5 nitrogen and oxygen atoms in total. The summed E-state index contributed by atoms with van der Waals surface area (Å²) >= 11 is -1.91. The first kappa shape index (κ1) is 18.4. The van der Waals surface area contributed by atoms with E-state index in [4.69, 9.17) is 10.2 Å². The first-order valence-corrected chi connectivity index (χ1v) is 9.06.